The lowest BCUT2D eigenvalue weighted by Gasteiger charge is -2.43. The van der Waals surface area contributed by atoms with Crippen molar-refractivity contribution in [2.75, 3.05) is 22.5 Å². The Bertz CT molecular complexity index is 801. The highest BCUT2D eigenvalue weighted by Gasteiger charge is 2.36. The molecular formula is C20H25N3O2. The number of carbonyl (C=O) groups excluding carboxylic acids is 1. The van der Waals surface area contributed by atoms with E-state index in [1.54, 1.807) is 0 Å². The summed E-state index contributed by atoms with van der Waals surface area (Å²) in [5.41, 5.74) is 8.90. The molecule has 0 saturated carbocycles. The minimum Gasteiger partial charge on any atom is -0.484 e. The number of nitrogens with zero attached hydrogens (tertiary/aromatic N) is 1. The van der Waals surface area contributed by atoms with Crippen LogP contribution < -0.4 is 20.7 Å². The summed E-state index contributed by atoms with van der Waals surface area (Å²) in [4.78, 5) is 14.9. The van der Waals surface area contributed by atoms with Gasteiger partial charge in [0.05, 0.1) is 12.2 Å². The largest absolute Gasteiger partial charge is 0.484 e. The van der Waals surface area contributed by atoms with Gasteiger partial charge in [-0.2, -0.15) is 0 Å². The normalized spacial score (nSPS) is 16.6. The summed E-state index contributed by atoms with van der Waals surface area (Å²) in [6.07, 6.45) is 0. The van der Waals surface area contributed by atoms with Crippen LogP contribution >= 0.6 is 0 Å². The fourth-order valence-corrected chi connectivity index (χ4v) is 3.11. The van der Waals surface area contributed by atoms with Crippen LogP contribution in [0.25, 0.3) is 0 Å². The first-order valence-corrected chi connectivity index (χ1v) is 8.48. The lowest BCUT2D eigenvalue weighted by atomic mass is 10.0. The molecule has 0 aromatic heterocycles. The minimum absolute atomic E-state index is 0.0465. The molecule has 2 aromatic carbocycles. The second-order valence-electron chi connectivity index (χ2n) is 7.20. The number of fused-ring (bicyclic) bond motifs is 1. The maximum Gasteiger partial charge on any atom is 0.246 e. The summed E-state index contributed by atoms with van der Waals surface area (Å²) in [6.45, 7) is 8.54. The molecule has 0 fully saturated rings. The van der Waals surface area contributed by atoms with E-state index in [1.165, 1.54) is 0 Å². The van der Waals surface area contributed by atoms with Gasteiger partial charge in [0.25, 0.3) is 0 Å². The number of aryl methyl sites for hydroxylation is 1. The topological polar surface area (TPSA) is 67.6 Å². The fraction of sp³-hybridized carbons (Fsp3) is 0.350. The van der Waals surface area contributed by atoms with Gasteiger partial charge in [-0.3, -0.25) is 4.79 Å². The number of anilines is 3. The Hall–Kier alpha value is -2.69. The lowest BCUT2D eigenvalue weighted by Crippen LogP contribution is -2.53. The van der Waals surface area contributed by atoms with Crippen LogP contribution in [0.3, 0.4) is 0 Å². The van der Waals surface area contributed by atoms with Crippen molar-refractivity contribution < 1.29 is 9.53 Å². The molecule has 2 aromatic rings. The number of ether oxygens (including phenoxy) is 1. The molecule has 0 bridgehead atoms. The second kappa shape index (κ2) is 6.31. The Morgan fingerprint density at radius 1 is 1.28 bits per heavy atom. The van der Waals surface area contributed by atoms with Crippen LogP contribution in [0, 0.1) is 6.92 Å². The summed E-state index contributed by atoms with van der Waals surface area (Å²) in [5.74, 6) is 0.668. The molecule has 0 saturated heterocycles. The Balaban J connectivity index is 1.87. The van der Waals surface area contributed by atoms with Crippen LogP contribution in [0.15, 0.2) is 42.5 Å². The van der Waals surface area contributed by atoms with Crippen molar-refractivity contribution in [3.05, 3.63) is 48.0 Å². The van der Waals surface area contributed by atoms with E-state index in [0.29, 0.717) is 18.0 Å². The molecular weight excluding hydrogens is 314 g/mol. The molecule has 1 atom stereocenters. The second-order valence-corrected chi connectivity index (χ2v) is 7.20. The highest BCUT2D eigenvalue weighted by molar-refractivity contribution is 5.97. The number of carbonyl (C=O) groups is 1. The molecule has 1 aliphatic heterocycles. The molecule has 25 heavy (non-hydrogen) atoms. The van der Waals surface area contributed by atoms with Crippen molar-refractivity contribution in [2.24, 2.45) is 0 Å². The number of hydrogen-bond acceptors (Lipinski definition) is 4. The zero-order valence-electron chi connectivity index (χ0n) is 15.2. The van der Waals surface area contributed by atoms with Gasteiger partial charge in [-0.25, -0.2) is 0 Å². The van der Waals surface area contributed by atoms with E-state index >= 15 is 0 Å². The number of benzene rings is 2. The van der Waals surface area contributed by atoms with Crippen molar-refractivity contribution in [1.29, 1.82) is 0 Å². The van der Waals surface area contributed by atoms with Gasteiger partial charge in [0.2, 0.25) is 5.91 Å². The first-order valence-electron chi connectivity index (χ1n) is 8.48. The van der Waals surface area contributed by atoms with Gasteiger partial charge in [-0.05, 0) is 51.5 Å². The molecule has 0 spiro atoms. The number of para-hydroxylation sites is 1. The van der Waals surface area contributed by atoms with Crippen molar-refractivity contribution >= 4 is 23.0 Å². The van der Waals surface area contributed by atoms with E-state index in [9.17, 15) is 4.79 Å². The van der Waals surface area contributed by atoms with Crippen LogP contribution in [0.5, 0.6) is 5.75 Å². The summed E-state index contributed by atoms with van der Waals surface area (Å²) >= 11 is 0. The average molecular weight is 339 g/mol. The number of nitrogens with two attached hydrogens (primary N) is 1. The van der Waals surface area contributed by atoms with E-state index < -0.39 is 5.60 Å². The Morgan fingerprint density at radius 2 is 2.00 bits per heavy atom. The van der Waals surface area contributed by atoms with Gasteiger partial charge in [-0.15, -0.1) is 0 Å². The monoisotopic (exact) mass is 339 g/mol. The fourth-order valence-electron chi connectivity index (χ4n) is 3.11. The van der Waals surface area contributed by atoms with Gasteiger partial charge in [-0.1, -0.05) is 18.2 Å². The third-order valence-corrected chi connectivity index (χ3v) is 4.48. The average Bonchev–Trinajstić information content (AvgIpc) is 2.54. The maximum absolute atomic E-state index is 12.8. The molecule has 3 N–H and O–H groups in total. The van der Waals surface area contributed by atoms with E-state index in [-0.39, 0.29) is 11.9 Å². The number of nitrogen functional groups attached to an aromatic ring is 1. The third kappa shape index (κ3) is 3.55. The lowest BCUT2D eigenvalue weighted by molar-refractivity contribution is -0.117. The zero-order valence-corrected chi connectivity index (χ0v) is 15.2. The van der Waals surface area contributed by atoms with Crippen LogP contribution in [-0.4, -0.2) is 24.1 Å². The number of amides is 1. The molecule has 1 amide bonds. The molecule has 132 valence electrons. The highest BCUT2D eigenvalue weighted by Crippen LogP contribution is 2.39. The van der Waals surface area contributed by atoms with E-state index in [0.717, 1.165) is 16.9 Å². The SMILES string of the molecule is Cc1ccccc1NC(=O)C(C)N1CC(C)(C)Oc2cc(N)ccc21. The van der Waals surface area contributed by atoms with Crippen LogP contribution in [0.2, 0.25) is 0 Å². The first-order chi connectivity index (χ1) is 11.8. The summed E-state index contributed by atoms with van der Waals surface area (Å²) < 4.78 is 6.04. The molecule has 1 unspecified atom stereocenters. The summed E-state index contributed by atoms with van der Waals surface area (Å²) in [6, 6.07) is 13.0. The highest BCUT2D eigenvalue weighted by atomic mass is 16.5. The number of rotatable bonds is 3. The maximum atomic E-state index is 12.8. The third-order valence-electron chi connectivity index (χ3n) is 4.48. The number of hydrogen-bond donors (Lipinski definition) is 2. The minimum atomic E-state index is -0.405. The van der Waals surface area contributed by atoms with Crippen molar-refractivity contribution in [2.45, 2.75) is 39.3 Å². The molecule has 5 nitrogen and oxygen atoms in total. The van der Waals surface area contributed by atoms with E-state index in [2.05, 4.69) is 10.2 Å². The Labute approximate surface area is 148 Å². The molecule has 1 aliphatic rings. The predicted molar refractivity (Wildman–Crippen MR) is 102 cm³/mol. The smallest absolute Gasteiger partial charge is 0.246 e. The first kappa shape index (κ1) is 17.1. The quantitative estimate of drug-likeness (QED) is 0.839. The predicted octanol–water partition coefficient (Wildman–Crippen LogP) is 3.58. The van der Waals surface area contributed by atoms with Crippen LogP contribution in [0.4, 0.5) is 17.1 Å². The Kier molecular flexibility index (Phi) is 4.33. The van der Waals surface area contributed by atoms with Crippen molar-refractivity contribution in [3.63, 3.8) is 0 Å². The van der Waals surface area contributed by atoms with E-state index in [4.69, 9.17) is 10.5 Å². The van der Waals surface area contributed by atoms with Crippen molar-refractivity contribution in [3.8, 4) is 5.75 Å². The van der Waals surface area contributed by atoms with Gasteiger partial charge < -0.3 is 20.7 Å². The van der Waals surface area contributed by atoms with Gasteiger partial charge in [0, 0.05) is 17.4 Å². The van der Waals surface area contributed by atoms with Gasteiger partial charge >= 0.3 is 0 Å². The standard InChI is InChI=1S/C20H25N3O2/c1-13-7-5-6-8-16(13)22-19(24)14(2)23-12-20(3,4)25-18-11-15(21)9-10-17(18)23/h5-11,14H,12,21H2,1-4H3,(H,22,24). The zero-order chi connectivity index (χ0) is 18.2. The summed E-state index contributed by atoms with van der Waals surface area (Å²) in [7, 11) is 0. The molecule has 0 radical (unpaired) electrons. The molecule has 5 heteroatoms. The van der Waals surface area contributed by atoms with Gasteiger partial charge in [0.15, 0.2) is 0 Å². The summed E-state index contributed by atoms with van der Waals surface area (Å²) in [5, 5.41) is 3.03. The van der Waals surface area contributed by atoms with Gasteiger partial charge in [0.1, 0.15) is 17.4 Å². The number of nitrogens with one attached hydrogen (secondary N) is 1. The van der Waals surface area contributed by atoms with Crippen molar-refractivity contribution in [1.82, 2.24) is 0 Å². The molecule has 1 heterocycles. The van der Waals surface area contributed by atoms with Crippen LogP contribution in [-0.2, 0) is 4.79 Å². The van der Waals surface area contributed by atoms with Crippen LogP contribution in [0.1, 0.15) is 26.3 Å². The van der Waals surface area contributed by atoms with E-state index in [1.807, 2.05) is 70.2 Å². The Morgan fingerprint density at radius 3 is 2.72 bits per heavy atom. The molecule has 3 rings (SSSR count). The molecule has 0 aliphatic carbocycles.